The zero-order valence-electron chi connectivity index (χ0n) is 14.9. The average Bonchev–Trinajstić information content (AvgIpc) is 2.97. The second-order valence-corrected chi connectivity index (χ2v) is 7.86. The topological polar surface area (TPSA) is 98.2 Å². The molecule has 2 aliphatic rings. The van der Waals surface area contributed by atoms with Crippen LogP contribution in [0.1, 0.15) is 68.0 Å². The SMILES string of the molecule is Cc1nonc1CC(=O)N1CCC(c2nc(C3CC3(C)C)no2)CC1. The van der Waals surface area contributed by atoms with Gasteiger partial charge in [0.1, 0.15) is 11.4 Å². The lowest BCUT2D eigenvalue weighted by atomic mass is 9.96. The highest BCUT2D eigenvalue weighted by Gasteiger charge is 2.49. The second kappa shape index (κ2) is 5.93. The summed E-state index contributed by atoms with van der Waals surface area (Å²) in [6.07, 6.45) is 3.05. The molecule has 1 unspecified atom stereocenters. The lowest BCUT2D eigenvalue weighted by Gasteiger charge is -2.30. The van der Waals surface area contributed by atoms with Crippen molar-refractivity contribution in [1.29, 1.82) is 0 Å². The molecule has 0 spiro atoms. The number of likely N-dealkylation sites (tertiary alicyclic amines) is 1. The van der Waals surface area contributed by atoms with E-state index in [9.17, 15) is 4.79 Å². The highest BCUT2D eigenvalue weighted by atomic mass is 16.6. The van der Waals surface area contributed by atoms with E-state index in [4.69, 9.17) is 4.52 Å². The van der Waals surface area contributed by atoms with Gasteiger partial charge in [-0.1, -0.05) is 29.3 Å². The second-order valence-electron chi connectivity index (χ2n) is 7.86. The third-order valence-electron chi connectivity index (χ3n) is 5.54. The van der Waals surface area contributed by atoms with E-state index in [0.717, 1.165) is 31.0 Å². The maximum absolute atomic E-state index is 12.4. The van der Waals surface area contributed by atoms with Gasteiger partial charge in [-0.25, -0.2) is 4.63 Å². The Hall–Kier alpha value is -2.25. The Kier molecular flexibility index (Phi) is 3.85. The number of carbonyl (C=O) groups excluding carboxylic acids is 1. The highest BCUT2D eigenvalue weighted by molar-refractivity contribution is 5.78. The molecule has 1 aliphatic carbocycles. The van der Waals surface area contributed by atoms with Crippen molar-refractivity contribution in [2.24, 2.45) is 5.41 Å². The minimum Gasteiger partial charge on any atom is -0.342 e. The molecule has 0 radical (unpaired) electrons. The molecule has 25 heavy (non-hydrogen) atoms. The molecule has 2 fully saturated rings. The van der Waals surface area contributed by atoms with Crippen LogP contribution < -0.4 is 0 Å². The van der Waals surface area contributed by atoms with E-state index in [-0.39, 0.29) is 18.2 Å². The van der Waals surface area contributed by atoms with Crippen molar-refractivity contribution in [2.45, 2.75) is 58.3 Å². The van der Waals surface area contributed by atoms with Crippen molar-refractivity contribution in [3.8, 4) is 0 Å². The normalized spacial score (nSPS) is 23.0. The maximum atomic E-state index is 12.4. The molecule has 8 nitrogen and oxygen atoms in total. The van der Waals surface area contributed by atoms with Gasteiger partial charge in [-0.15, -0.1) is 0 Å². The van der Waals surface area contributed by atoms with Crippen LogP contribution in [0.25, 0.3) is 0 Å². The first-order valence-electron chi connectivity index (χ1n) is 8.83. The molecule has 8 heteroatoms. The van der Waals surface area contributed by atoms with Crippen molar-refractivity contribution < 1.29 is 13.9 Å². The summed E-state index contributed by atoms with van der Waals surface area (Å²) >= 11 is 0. The van der Waals surface area contributed by atoms with E-state index >= 15 is 0 Å². The number of hydrogen-bond donors (Lipinski definition) is 0. The third-order valence-corrected chi connectivity index (χ3v) is 5.54. The minimum atomic E-state index is 0.0585. The number of nitrogens with zero attached hydrogens (tertiary/aromatic N) is 5. The van der Waals surface area contributed by atoms with E-state index in [0.29, 0.717) is 35.8 Å². The van der Waals surface area contributed by atoms with Crippen molar-refractivity contribution >= 4 is 5.91 Å². The summed E-state index contributed by atoms with van der Waals surface area (Å²) in [7, 11) is 0. The summed E-state index contributed by atoms with van der Waals surface area (Å²) in [5, 5.41) is 11.7. The maximum Gasteiger partial charge on any atom is 0.229 e. The van der Waals surface area contributed by atoms with Crippen LogP contribution >= 0.6 is 0 Å². The van der Waals surface area contributed by atoms with Gasteiger partial charge in [0, 0.05) is 24.9 Å². The summed E-state index contributed by atoms with van der Waals surface area (Å²) < 4.78 is 10.2. The number of carbonyl (C=O) groups is 1. The Morgan fingerprint density at radius 1 is 1.24 bits per heavy atom. The largest absolute Gasteiger partial charge is 0.342 e. The molecule has 1 saturated heterocycles. The van der Waals surface area contributed by atoms with Gasteiger partial charge in [0.15, 0.2) is 5.82 Å². The number of piperidine rings is 1. The molecule has 2 aromatic heterocycles. The molecule has 134 valence electrons. The minimum absolute atomic E-state index is 0.0585. The number of aryl methyl sites for hydroxylation is 1. The quantitative estimate of drug-likeness (QED) is 0.838. The zero-order valence-corrected chi connectivity index (χ0v) is 14.9. The number of aromatic nitrogens is 4. The van der Waals surface area contributed by atoms with Gasteiger partial charge in [0.25, 0.3) is 0 Å². The van der Waals surface area contributed by atoms with E-state index in [2.05, 4.69) is 38.9 Å². The molecular formula is C17H23N5O3. The van der Waals surface area contributed by atoms with E-state index in [1.807, 2.05) is 4.90 Å². The van der Waals surface area contributed by atoms with Crippen LogP contribution in [0.5, 0.6) is 0 Å². The van der Waals surface area contributed by atoms with Crippen molar-refractivity contribution in [1.82, 2.24) is 25.4 Å². The van der Waals surface area contributed by atoms with Crippen molar-refractivity contribution in [3.63, 3.8) is 0 Å². The zero-order chi connectivity index (χ0) is 17.6. The standard InChI is InChI=1S/C17H23N5O3/c1-10-13(20-25-19-10)8-14(23)22-6-4-11(5-7-22)16-18-15(21-24-16)12-9-17(12,2)3/h11-12H,4-9H2,1-3H3. The first-order valence-corrected chi connectivity index (χ1v) is 8.83. The smallest absolute Gasteiger partial charge is 0.229 e. The lowest BCUT2D eigenvalue weighted by Crippen LogP contribution is -2.39. The van der Waals surface area contributed by atoms with Gasteiger partial charge in [-0.3, -0.25) is 4.79 Å². The first kappa shape index (κ1) is 16.2. The predicted octanol–water partition coefficient (Wildman–Crippen LogP) is 2.22. The fourth-order valence-electron chi connectivity index (χ4n) is 3.50. The Balaban J connectivity index is 1.32. The lowest BCUT2D eigenvalue weighted by molar-refractivity contribution is -0.131. The van der Waals surface area contributed by atoms with Crippen molar-refractivity contribution in [3.05, 3.63) is 23.1 Å². The molecule has 1 saturated carbocycles. The molecule has 4 rings (SSSR count). The Bertz CT molecular complexity index is 773. The van der Waals surface area contributed by atoms with Gasteiger partial charge in [0.2, 0.25) is 11.8 Å². The average molecular weight is 345 g/mol. The molecular weight excluding hydrogens is 322 g/mol. The molecule has 1 amide bonds. The van der Waals surface area contributed by atoms with Crippen LogP contribution in [0.15, 0.2) is 9.15 Å². The predicted molar refractivity (Wildman–Crippen MR) is 86.7 cm³/mol. The van der Waals surface area contributed by atoms with Crippen LogP contribution in [0.2, 0.25) is 0 Å². The number of amides is 1. The Morgan fingerprint density at radius 3 is 2.56 bits per heavy atom. The number of hydrogen-bond acceptors (Lipinski definition) is 7. The Morgan fingerprint density at radius 2 is 1.96 bits per heavy atom. The molecule has 3 heterocycles. The van der Waals surface area contributed by atoms with Crippen LogP contribution in [-0.4, -0.2) is 44.4 Å². The Labute approximate surface area is 145 Å². The van der Waals surface area contributed by atoms with Gasteiger partial charge >= 0.3 is 0 Å². The number of rotatable bonds is 4. The van der Waals surface area contributed by atoms with Gasteiger partial charge in [-0.2, -0.15) is 4.98 Å². The van der Waals surface area contributed by atoms with Crippen LogP contribution in [0, 0.1) is 12.3 Å². The van der Waals surface area contributed by atoms with Crippen LogP contribution in [0.3, 0.4) is 0 Å². The molecule has 0 bridgehead atoms. The summed E-state index contributed by atoms with van der Waals surface area (Å²) in [5.41, 5.74) is 1.58. The fraction of sp³-hybridized carbons (Fsp3) is 0.706. The van der Waals surface area contributed by atoms with Crippen LogP contribution in [0.4, 0.5) is 0 Å². The van der Waals surface area contributed by atoms with E-state index < -0.39 is 0 Å². The molecule has 0 aromatic carbocycles. The van der Waals surface area contributed by atoms with E-state index in [1.54, 1.807) is 6.92 Å². The van der Waals surface area contributed by atoms with Gasteiger partial charge in [0.05, 0.1) is 6.42 Å². The third kappa shape index (κ3) is 3.17. The highest BCUT2D eigenvalue weighted by Crippen LogP contribution is 2.57. The summed E-state index contributed by atoms with van der Waals surface area (Å²) in [6, 6.07) is 0. The van der Waals surface area contributed by atoms with Crippen molar-refractivity contribution in [2.75, 3.05) is 13.1 Å². The van der Waals surface area contributed by atoms with Gasteiger partial charge in [-0.05, 0) is 31.6 Å². The fourth-order valence-corrected chi connectivity index (χ4v) is 3.50. The molecule has 0 N–H and O–H groups in total. The molecule has 1 aliphatic heterocycles. The summed E-state index contributed by atoms with van der Waals surface area (Å²) in [4.78, 5) is 18.9. The van der Waals surface area contributed by atoms with Crippen LogP contribution in [-0.2, 0) is 11.2 Å². The van der Waals surface area contributed by atoms with E-state index in [1.165, 1.54) is 0 Å². The molecule has 2 aromatic rings. The first-order chi connectivity index (χ1) is 11.9. The summed E-state index contributed by atoms with van der Waals surface area (Å²) in [6.45, 7) is 7.63. The summed E-state index contributed by atoms with van der Waals surface area (Å²) in [5.74, 6) is 2.28. The molecule has 1 atom stereocenters. The monoisotopic (exact) mass is 345 g/mol. The van der Waals surface area contributed by atoms with Gasteiger partial charge < -0.3 is 9.42 Å².